The standard InChI is InChI=1S/C20H20F3IN2O3/c1-3-28-17-10-14(9-16(24)19(17)29-4-2)12-25-26-18(27)11-13-6-5-7-15(8-13)20(21,22)23/h5-10,12H,3-4,11H2,1-2H3,(H,26,27)/b25-12-. The molecule has 0 aliphatic carbocycles. The van der Waals surface area contributed by atoms with E-state index in [9.17, 15) is 18.0 Å². The van der Waals surface area contributed by atoms with E-state index in [2.05, 4.69) is 33.1 Å². The van der Waals surface area contributed by atoms with Gasteiger partial charge in [-0.2, -0.15) is 18.3 Å². The molecule has 0 aliphatic heterocycles. The monoisotopic (exact) mass is 520 g/mol. The number of carbonyl (C=O) groups excluding carboxylic acids is 1. The number of amides is 1. The van der Waals surface area contributed by atoms with Gasteiger partial charge in [-0.05, 0) is 65.8 Å². The van der Waals surface area contributed by atoms with Crippen LogP contribution in [0.2, 0.25) is 0 Å². The Bertz CT molecular complexity index is 886. The summed E-state index contributed by atoms with van der Waals surface area (Å²) in [5.74, 6) is 0.685. The highest BCUT2D eigenvalue weighted by Gasteiger charge is 2.30. The molecule has 29 heavy (non-hydrogen) atoms. The number of hydrogen-bond donors (Lipinski definition) is 1. The largest absolute Gasteiger partial charge is 0.490 e. The second-order valence-electron chi connectivity index (χ2n) is 5.86. The summed E-state index contributed by atoms with van der Waals surface area (Å²) < 4.78 is 50.2. The highest BCUT2D eigenvalue weighted by molar-refractivity contribution is 14.1. The van der Waals surface area contributed by atoms with Gasteiger partial charge in [0.2, 0.25) is 5.91 Å². The Morgan fingerprint density at radius 1 is 1.17 bits per heavy atom. The van der Waals surface area contributed by atoms with Crippen molar-refractivity contribution in [1.29, 1.82) is 0 Å². The lowest BCUT2D eigenvalue weighted by Gasteiger charge is -2.13. The zero-order chi connectivity index (χ0) is 21.4. The molecule has 0 unspecified atom stereocenters. The summed E-state index contributed by atoms with van der Waals surface area (Å²) in [7, 11) is 0. The van der Waals surface area contributed by atoms with E-state index in [0.717, 1.165) is 15.7 Å². The molecular weight excluding hydrogens is 500 g/mol. The summed E-state index contributed by atoms with van der Waals surface area (Å²) in [6.07, 6.45) is -3.23. The Morgan fingerprint density at radius 3 is 2.55 bits per heavy atom. The van der Waals surface area contributed by atoms with Crippen molar-refractivity contribution in [3.63, 3.8) is 0 Å². The van der Waals surface area contributed by atoms with Gasteiger partial charge in [-0.1, -0.05) is 18.2 Å². The highest BCUT2D eigenvalue weighted by Crippen LogP contribution is 2.34. The van der Waals surface area contributed by atoms with Crippen molar-refractivity contribution in [2.45, 2.75) is 26.4 Å². The van der Waals surface area contributed by atoms with E-state index in [1.165, 1.54) is 18.3 Å². The van der Waals surface area contributed by atoms with Crippen LogP contribution in [0, 0.1) is 3.57 Å². The van der Waals surface area contributed by atoms with Gasteiger partial charge in [0, 0.05) is 0 Å². The fraction of sp³-hybridized carbons (Fsp3) is 0.300. The third kappa shape index (κ3) is 6.91. The van der Waals surface area contributed by atoms with Gasteiger partial charge in [0.15, 0.2) is 11.5 Å². The zero-order valence-corrected chi connectivity index (χ0v) is 18.0. The molecule has 2 rings (SSSR count). The molecule has 0 radical (unpaired) electrons. The van der Waals surface area contributed by atoms with Gasteiger partial charge in [0.25, 0.3) is 0 Å². The first-order chi connectivity index (χ1) is 13.7. The molecule has 0 saturated heterocycles. The molecule has 1 amide bonds. The second-order valence-corrected chi connectivity index (χ2v) is 7.03. The van der Waals surface area contributed by atoms with Crippen molar-refractivity contribution >= 4 is 34.7 Å². The van der Waals surface area contributed by atoms with Crippen LogP contribution in [-0.4, -0.2) is 25.3 Å². The molecule has 156 valence electrons. The third-order valence-electron chi connectivity index (χ3n) is 3.64. The number of benzene rings is 2. The molecule has 0 aromatic heterocycles. The fourth-order valence-electron chi connectivity index (χ4n) is 2.47. The summed E-state index contributed by atoms with van der Waals surface area (Å²) in [6, 6.07) is 8.19. The molecule has 5 nitrogen and oxygen atoms in total. The summed E-state index contributed by atoms with van der Waals surface area (Å²) in [5, 5.41) is 3.88. The SMILES string of the molecule is CCOc1cc(/C=N\NC(=O)Cc2cccc(C(F)(F)F)c2)cc(I)c1OCC. The minimum atomic E-state index is -4.45. The Kier molecular flexibility index (Phi) is 8.30. The van der Waals surface area contributed by atoms with Gasteiger partial charge in [0.05, 0.1) is 35.0 Å². The van der Waals surface area contributed by atoms with Crippen LogP contribution in [0.1, 0.15) is 30.5 Å². The van der Waals surface area contributed by atoms with E-state index in [1.807, 2.05) is 19.9 Å². The van der Waals surface area contributed by atoms with E-state index in [-0.39, 0.29) is 12.0 Å². The average molecular weight is 520 g/mol. The smallest absolute Gasteiger partial charge is 0.416 e. The summed E-state index contributed by atoms with van der Waals surface area (Å²) in [4.78, 5) is 12.0. The van der Waals surface area contributed by atoms with Crippen LogP contribution in [0.3, 0.4) is 0 Å². The maximum atomic E-state index is 12.7. The summed E-state index contributed by atoms with van der Waals surface area (Å²) in [5.41, 5.74) is 2.46. The molecule has 0 heterocycles. The minimum absolute atomic E-state index is 0.216. The van der Waals surface area contributed by atoms with Crippen LogP contribution >= 0.6 is 22.6 Å². The first kappa shape index (κ1) is 23.0. The fourth-order valence-corrected chi connectivity index (χ4v) is 3.25. The first-order valence-corrected chi connectivity index (χ1v) is 9.89. The van der Waals surface area contributed by atoms with Crippen molar-refractivity contribution in [3.05, 3.63) is 56.7 Å². The molecular formula is C20H20F3IN2O3. The Morgan fingerprint density at radius 2 is 1.90 bits per heavy atom. The van der Waals surface area contributed by atoms with Crippen LogP contribution < -0.4 is 14.9 Å². The first-order valence-electron chi connectivity index (χ1n) is 8.81. The molecule has 0 aliphatic rings. The summed E-state index contributed by atoms with van der Waals surface area (Å²) >= 11 is 2.12. The van der Waals surface area contributed by atoms with Crippen molar-refractivity contribution in [1.82, 2.24) is 5.43 Å². The topological polar surface area (TPSA) is 59.9 Å². The normalized spacial score (nSPS) is 11.5. The van der Waals surface area contributed by atoms with Crippen LogP contribution in [0.25, 0.3) is 0 Å². The maximum absolute atomic E-state index is 12.7. The second kappa shape index (κ2) is 10.5. The van der Waals surface area contributed by atoms with Crippen LogP contribution in [0.5, 0.6) is 11.5 Å². The number of halogens is 4. The Labute approximate surface area is 180 Å². The van der Waals surface area contributed by atoms with E-state index in [1.54, 1.807) is 6.07 Å². The molecule has 0 fully saturated rings. The van der Waals surface area contributed by atoms with Gasteiger partial charge in [-0.25, -0.2) is 5.43 Å². The van der Waals surface area contributed by atoms with Crippen molar-refractivity contribution in [2.24, 2.45) is 5.10 Å². The van der Waals surface area contributed by atoms with E-state index >= 15 is 0 Å². The predicted octanol–water partition coefficient (Wildman–Crippen LogP) is 4.80. The predicted molar refractivity (Wildman–Crippen MR) is 112 cm³/mol. The number of rotatable bonds is 8. The zero-order valence-electron chi connectivity index (χ0n) is 15.8. The van der Waals surface area contributed by atoms with Gasteiger partial charge in [0.1, 0.15) is 0 Å². The van der Waals surface area contributed by atoms with Crippen molar-refractivity contribution in [2.75, 3.05) is 13.2 Å². The molecule has 1 N–H and O–H groups in total. The Balaban J connectivity index is 2.05. The quantitative estimate of drug-likeness (QED) is 0.309. The van der Waals surface area contributed by atoms with Crippen molar-refractivity contribution < 1.29 is 27.4 Å². The molecule has 9 heteroatoms. The molecule has 0 saturated carbocycles. The lowest BCUT2D eigenvalue weighted by atomic mass is 10.1. The number of hydrogen-bond acceptors (Lipinski definition) is 4. The number of alkyl halides is 3. The van der Waals surface area contributed by atoms with Crippen LogP contribution in [0.4, 0.5) is 13.2 Å². The molecule has 0 spiro atoms. The third-order valence-corrected chi connectivity index (χ3v) is 4.44. The van der Waals surface area contributed by atoms with E-state index in [0.29, 0.717) is 30.3 Å². The van der Waals surface area contributed by atoms with Gasteiger partial charge < -0.3 is 9.47 Å². The van der Waals surface area contributed by atoms with Gasteiger partial charge in [-0.3, -0.25) is 4.79 Å². The summed E-state index contributed by atoms with van der Waals surface area (Å²) in [6.45, 7) is 4.69. The number of carbonyl (C=O) groups is 1. The number of nitrogens with zero attached hydrogens (tertiary/aromatic N) is 1. The van der Waals surface area contributed by atoms with Crippen molar-refractivity contribution in [3.8, 4) is 11.5 Å². The average Bonchev–Trinajstić information content (AvgIpc) is 2.64. The lowest BCUT2D eigenvalue weighted by molar-refractivity contribution is -0.137. The molecule has 0 bridgehead atoms. The molecule has 2 aromatic rings. The van der Waals surface area contributed by atoms with E-state index in [4.69, 9.17) is 9.47 Å². The van der Waals surface area contributed by atoms with Crippen LogP contribution in [-0.2, 0) is 17.4 Å². The molecule has 2 aromatic carbocycles. The molecule has 0 atom stereocenters. The number of hydrazone groups is 1. The number of ether oxygens (including phenoxy) is 2. The highest BCUT2D eigenvalue weighted by atomic mass is 127. The van der Waals surface area contributed by atoms with Gasteiger partial charge >= 0.3 is 6.18 Å². The number of nitrogens with one attached hydrogen (secondary N) is 1. The Hall–Kier alpha value is -2.30. The minimum Gasteiger partial charge on any atom is -0.490 e. The van der Waals surface area contributed by atoms with Gasteiger partial charge in [-0.15, -0.1) is 0 Å². The lowest BCUT2D eigenvalue weighted by Crippen LogP contribution is -2.20. The maximum Gasteiger partial charge on any atom is 0.416 e. The van der Waals surface area contributed by atoms with E-state index < -0.39 is 17.6 Å². The van der Waals surface area contributed by atoms with Crippen LogP contribution in [0.15, 0.2) is 41.5 Å².